The summed E-state index contributed by atoms with van der Waals surface area (Å²) >= 11 is 0. The molecule has 0 aromatic heterocycles. The molecule has 0 aliphatic rings. The van der Waals surface area contributed by atoms with Crippen molar-refractivity contribution >= 4 is 59.4 Å². The van der Waals surface area contributed by atoms with Crippen molar-refractivity contribution in [2.45, 2.75) is 9.79 Å². The number of rotatable bonds is 6. The molecule has 0 spiro atoms. The van der Waals surface area contributed by atoms with Gasteiger partial charge in [-0.05, 0) is 72.1 Å². The van der Waals surface area contributed by atoms with E-state index in [-0.39, 0.29) is 11.1 Å². The fraction of sp³-hybridized carbons (Fsp3) is 0. The first kappa shape index (κ1) is 24.1. The summed E-state index contributed by atoms with van der Waals surface area (Å²) in [4.78, 5) is -1.18. The third-order valence-electron chi connectivity index (χ3n) is 4.78. The van der Waals surface area contributed by atoms with Gasteiger partial charge < -0.3 is 5.73 Å². The zero-order valence-electron chi connectivity index (χ0n) is 17.7. The van der Waals surface area contributed by atoms with Gasteiger partial charge >= 0.3 is 0 Å². The van der Waals surface area contributed by atoms with Gasteiger partial charge in [0.15, 0.2) is 0 Å². The third-order valence-corrected chi connectivity index (χ3v) is 6.57. The molecule has 4 N–H and O–H groups in total. The standard InChI is InChI=1S/C22H17N5O6S2/c23-15-3-5-16(6-4-15)24-25-17-7-9-18(10-8-17)26-27-21-12-2-14-1-11-19(34(28,29)30)13-20(14)22(21)35(31,32)33/h1-13H,23H2,(H,28,29,30)(H,31,32,33). The molecule has 0 amide bonds. The molecule has 0 aliphatic heterocycles. The van der Waals surface area contributed by atoms with E-state index >= 15 is 0 Å². The Labute approximate surface area is 200 Å². The van der Waals surface area contributed by atoms with E-state index in [9.17, 15) is 25.9 Å². The lowest BCUT2D eigenvalue weighted by Crippen LogP contribution is -2.02. The first-order valence-corrected chi connectivity index (χ1v) is 12.7. The lowest BCUT2D eigenvalue weighted by atomic mass is 10.1. The van der Waals surface area contributed by atoms with Crippen LogP contribution in [0.3, 0.4) is 0 Å². The molecule has 178 valence electrons. The topological polar surface area (TPSA) is 184 Å². The Morgan fingerprint density at radius 3 is 1.60 bits per heavy atom. The van der Waals surface area contributed by atoms with Crippen molar-refractivity contribution in [1.29, 1.82) is 0 Å². The minimum absolute atomic E-state index is 0.141. The van der Waals surface area contributed by atoms with Crippen molar-refractivity contribution < 1.29 is 25.9 Å². The van der Waals surface area contributed by atoms with E-state index in [0.29, 0.717) is 28.1 Å². The van der Waals surface area contributed by atoms with Crippen LogP contribution in [0.5, 0.6) is 0 Å². The van der Waals surface area contributed by atoms with E-state index in [1.807, 2.05) is 0 Å². The van der Waals surface area contributed by atoms with Crippen molar-refractivity contribution in [2.75, 3.05) is 5.73 Å². The Bertz CT molecular complexity index is 1680. The van der Waals surface area contributed by atoms with Crippen molar-refractivity contribution in [3.05, 3.63) is 78.9 Å². The van der Waals surface area contributed by atoms with E-state index in [1.54, 1.807) is 48.5 Å². The van der Waals surface area contributed by atoms with Gasteiger partial charge in [-0.1, -0.05) is 12.1 Å². The maximum Gasteiger partial charge on any atom is 0.297 e. The molecule has 0 fully saturated rings. The normalized spacial score (nSPS) is 12.6. The van der Waals surface area contributed by atoms with Gasteiger partial charge in [0.05, 0.1) is 22.0 Å². The molecule has 0 bridgehead atoms. The molecule has 0 radical (unpaired) electrons. The first-order chi connectivity index (χ1) is 16.5. The Hall–Kier alpha value is -4.04. The average Bonchev–Trinajstić information content (AvgIpc) is 2.81. The summed E-state index contributed by atoms with van der Waals surface area (Å²) in [7, 11) is -9.44. The third kappa shape index (κ3) is 5.73. The number of benzene rings is 4. The average molecular weight is 512 g/mol. The van der Waals surface area contributed by atoms with Crippen molar-refractivity contribution in [2.24, 2.45) is 20.5 Å². The van der Waals surface area contributed by atoms with Gasteiger partial charge in [0, 0.05) is 11.1 Å². The summed E-state index contributed by atoms with van der Waals surface area (Å²) in [6, 6.07) is 19.4. The number of nitrogens with two attached hydrogens (primary N) is 1. The highest BCUT2D eigenvalue weighted by Crippen LogP contribution is 2.35. The highest BCUT2D eigenvalue weighted by molar-refractivity contribution is 7.86. The van der Waals surface area contributed by atoms with E-state index in [1.165, 1.54) is 18.2 Å². The molecular weight excluding hydrogens is 494 g/mol. The largest absolute Gasteiger partial charge is 0.399 e. The van der Waals surface area contributed by atoms with Gasteiger partial charge in [0.2, 0.25) is 0 Å². The van der Waals surface area contributed by atoms with E-state index < -0.39 is 30.0 Å². The second-order valence-corrected chi connectivity index (χ2v) is 10.0. The zero-order chi connectivity index (χ0) is 25.2. The van der Waals surface area contributed by atoms with Crippen LogP contribution in [0.4, 0.5) is 28.4 Å². The van der Waals surface area contributed by atoms with Gasteiger partial charge in [0.1, 0.15) is 10.6 Å². The van der Waals surface area contributed by atoms with E-state index in [4.69, 9.17) is 5.73 Å². The van der Waals surface area contributed by atoms with Crippen molar-refractivity contribution in [1.82, 2.24) is 0 Å². The molecule has 0 heterocycles. The molecule has 0 unspecified atom stereocenters. The molecule has 13 heteroatoms. The summed E-state index contributed by atoms with van der Waals surface area (Å²) in [5, 5.41) is 16.3. The molecule has 4 rings (SSSR count). The monoisotopic (exact) mass is 511 g/mol. The number of hydrogen-bond donors (Lipinski definition) is 3. The predicted molar refractivity (Wildman–Crippen MR) is 129 cm³/mol. The van der Waals surface area contributed by atoms with Gasteiger partial charge in [-0.25, -0.2) is 0 Å². The van der Waals surface area contributed by atoms with Crippen LogP contribution in [0, 0.1) is 0 Å². The Balaban J connectivity index is 1.66. The summed E-state index contributed by atoms with van der Waals surface area (Å²) in [5.74, 6) is 0. The quantitative estimate of drug-likeness (QED) is 0.167. The van der Waals surface area contributed by atoms with Gasteiger partial charge in [-0.2, -0.15) is 32.2 Å². The molecule has 0 atom stereocenters. The van der Waals surface area contributed by atoms with Crippen LogP contribution in [0.2, 0.25) is 0 Å². The highest BCUT2D eigenvalue weighted by Gasteiger charge is 2.22. The SMILES string of the molecule is Nc1ccc(N=Nc2ccc(N=Nc3ccc4ccc(S(=O)(=O)O)cc4c3S(=O)(=O)O)cc2)cc1. The maximum atomic E-state index is 12.1. The summed E-state index contributed by atoms with van der Waals surface area (Å²) < 4.78 is 66.3. The molecule has 11 nitrogen and oxygen atoms in total. The summed E-state index contributed by atoms with van der Waals surface area (Å²) in [5.41, 5.74) is 7.52. The highest BCUT2D eigenvalue weighted by atomic mass is 32.2. The number of nitrogens with zero attached hydrogens (tertiary/aromatic N) is 4. The van der Waals surface area contributed by atoms with Crippen LogP contribution in [0.25, 0.3) is 10.8 Å². The van der Waals surface area contributed by atoms with Crippen LogP contribution in [0.1, 0.15) is 0 Å². The van der Waals surface area contributed by atoms with Gasteiger partial charge in [-0.15, -0.1) is 5.11 Å². The van der Waals surface area contributed by atoms with Crippen LogP contribution in [-0.2, 0) is 20.2 Å². The minimum atomic E-state index is -4.84. The number of fused-ring (bicyclic) bond motifs is 1. The Kier molecular flexibility index (Phi) is 6.41. The van der Waals surface area contributed by atoms with Crippen molar-refractivity contribution in [3.63, 3.8) is 0 Å². The second-order valence-electron chi connectivity index (χ2n) is 7.25. The smallest absolute Gasteiger partial charge is 0.297 e. The van der Waals surface area contributed by atoms with Crippen LogP contribution in [-0.4, -0.2) is 25.9 Å². The van der Waals surface area contributed by atoms with Crippen molar-refractivity contribution in [3.8, 4) is 0 Å². The fourth-order valence-electron chi connectivity index (χ4n) is 3.12. The summed E-state index contributed by atoms with van der Waals surface area (Å²) in [6.07, 6.45) is 0. The lowest BCUT2D eigenvalue weighted by Gasteiger charge is -2.08. The summed E-state index contributed by atoms with van der Waals surface area (Å²) in [6.45, 7) is 0. The lowest BCUT2D eigenvalue weighted by molar-refractivity contribution is 0.480. The second kappa shape index (κ2) is 9.31. The zero-order valence-corrected chi connectivity index (χ0v) is 19.3. The minimum Gasteiger partial charge on any atom is -0.399 e. The Morgan fingerprint density at radius 2 is 1.09 bits per heavy atom. The molecule has 0 aliphatic carbocycles. The Morgan fingerprint density at radius 1 is 0.600 bits per heavy atom. The van der Waals surface area contributed by atoms with Crippen LogP contribution in [0.15, 0.2) is 109 Å². The molecule has 35 heavy (non-hydrogen) atoms. The molecule has 0 saturated heterocycles. The molecule has 0 saturated carbocycles. The number of nitrogen functional groups attached to an aromatic ring is 1. The fourth-order valence-corrected chi connectivity index (χ4v) is 4.46. The van der Waals surface area contributed by atoms with Gasteiger partial charge in [0.25, 0.3) is 20.2 Å². The molecule has 4 aromatic carbocycles. The number of anilines is 1. The maximum absolute atomic E-state index is 12.1. The van der Waals surface area contributed by atoms with E-state index in [2.05, 4.69) is 20.5 Å². The molecular formula is C22H17N5O6S2. The molecule has 4 aromatic rings. The number of azo groups is 2. The predicted octanol–water partition coefficient (Wildman–Crippen LogP) is 5.75. The van der Waals surface area contributed by atoms with E-state index in [0.717, 1.165) is 12.1 Å². The van der Waals surface area contributed by atoms with Crippen LogP contribution < -0.4 is 5.73 Å². The van der Waals surface area contributed by atoms with Gasteiger partial charge in [-0.3, -0.25) is 9.11 Å². The van der Waals surface area contributed by atoms with Crippen LogP contribution >= 0.6 is 0 Å². The number of hydrogen-bond acceptors (Lipinski definition) is 9. The first-order valence-electron chi connectivity index (χ1n) is 9.81.